The molecule has 3 aromatic carbocycles. The van der Waals surface area contributed by atoms with Gasteiger partial charge in [-0.1, -0.05) is 53.5 Å². The molecular formula is C31H32Cl2N4O5. The summed E-state index contributed by atoms with van der Waals surface area (Å²) in [7, 11) is 1.56. The molecule has 0 saturated carbocycles. The van der Waals surface area contributed by atoms with Gasteiger partial charge in [0.05, 0.1) is 15.0 Å². The Hall–Kier alpha value is -3.92. The van der Waals surface area contributed by atoms with Gasteiger partial charge < -0.3 is 19.5 Å². The molecule has 9 nitrogen and oxygen atoms in total. The van der Waals surface area contributed by atoms with E-state index in [2.05, 4.69) is 4.98 Å². The Balaban J connectivity index is 1.59. The molecular weight excluding hydrogens is 579 g/mol. The second-order valence-electron chi connectivity index (χ2n) is 10.0. The van der Waals surface area contributed by atoms with Crippen LogP contribution in [0.4, 0.5) is 5.69 Å². The predicted molar refractivity (Wildman–Crippen MR) is 164 cm³/mol. The van der Waals surface area contributed by atoms with Gasteiger partial charge in [-0.25, -0.2) is 0 Å². The highest BCUT2D eigenvalue weighted by Gasteiger charge is 2.25. The fourth-order valence-electron chi connectivity index (χ4n) is 4.78. The average Bonchev–Trinajstić information content (AvgIpc) is 3.39. The molecule has 0 spiro atoms. The van der Waals surface area contributed by atoms with Crippen molar-refractivity contribution >= 4 is 51.6 Å². The zero-order valence-electron chi connectivity index (χ0n) is 23.4. The highest BCUT2D eigenvalue weighted by molar-refractivity contribution is 6.42. The van der Waals surface area contributed by atoms with Gasteiger partial charge in [-0.3, -0.25) is 19.7 Å². The van der Waals surface area contributed by atoms with Gasteiger partial charge in [-0.2, -0.15) is 0 Å². The number of carbonyl (C=O) groups excluding carboxylic acids is 2. The fraction of sp³-hybridized carbons (Fsp3) is 0.290. The van der Waals surface area contributed by atoms with Crippen LogP contribution < -0.4 is 0 Å². The van der Waals surface area contributed by atoms with E-state index >= 15 is 0 Å². The lowest BCUT2D eigenvalue weighted by Gasteiger charge is -2.28. The number of nitro groups is 1. The molecule has 0 saturated heterocycles. The number of carbonyl (C=O) groups is 2. The molecule has 1 aromatic heterocycles. The first-order chi connectivity index (χ1) is 20.2. The molecule has 0 atom stereocenters. The average molecular weight is 612 g/mol. The van der Waals surface area contributed by atoms with Crippen LogP contribution in [0, 0.1) is 17.0 Å². The summed E-state index contributed by atoms with van der Waals surface area (Å²) in [6.45, 7) is 2.67. The number of fused-ring (bicyclic) bond motifs is 1. The number of aryl methyl sites for hydroxylation is 1. The summed E-state index contributed by atoms with van der Waals surface area (Å²) in [5.41, 5.74) is 3.32. The first kappa shape index (κ1) is 31.0. The summed E-state index contributed by atoms with van der Waals surface area (Å²) in [6.07, 6.45) is 3.02. The van der Waals surface area contributed by atoms with Crippen LogP contribution in [0.15, 0.2) is 66.9 Å². The van der Waals surface area contributed by atoms with Crippen LogP contribution in [-0.4, -0.2) is 64.9 Å². The number of nitro benzene ring substituents is 1. The molecule has 4 rings (SSSR count). The zero-order valence-corrected chi connectivity index (χ0v) is 25.0. The highest BCUT2D eigenvalue weighted by atomic mass is 35.5. The molecule has 11 heteroatoms. The molecule has 1 heterocycles. The molecule has 220 valence electrons. The number of aromatic nitrogens is 1. The van der Waals surface area contributed by atoms with Gasteiger partial charge in [0, 0.05) is 67.6 Å². The third-order valence-corrected chi connectivity index (χ3v) is 7.82. The zero-order chi connectivity index (χ0) is 30.2. The lowest BCUT2D eigenvalue weighted by Crippen LogP contribution is -2.44. The Morgan fingerprint density at radius 3 is 2.52 bits per heavy atom. The number of nitrogens with one attached hydrogen (secondary N) is 1. The lowest BCUT2D eigenvalue weighted by atomic mass is 10.1. The molecule has 1 N–H and O–H groups in total. The van der Waals surface area contributed by atoms with E-state index in [1.54, 1.807) is 37.1 Å². The van der Waals surface area contributed by atoms with Crippen LogP contribution in [0.1, 0.15) is 33.5 Å². The molecule has 0 aliphatic heterocycles. The van der Waals surface area contributed by atoms with E-state index in [0.717, 1.165) is 22.0 Å². The number of rotatable bonds is 13. The Kier molecular flexibility index (Phi) is 10.6. The van der Waals surface area contributed by atoms with Crippen molar-refractivity contribution in [2.75, 3.05) is 33.4 Å². The molecule has 0 fully saturated rings. The fourth-order valence-corrected chi connectivity index (χ4v) is 5.10. The van der Waals surface area contributed by atoms with E-state index in [4.69, 9.17) is 27.9 Å². The van der Waals surface area contributed by atoms with Crippen molar-refractivity contribution in [2.24, 2.45) is 0 Å². The van der Waals surface area contributed by atoms with Gasteiger partial charge in [0.15, 0.2) is 0 Å². The van der Waals surface area contributed by atoms with Gasteiger partial charge in [-0.05, 0) is 55.2 Å². The number of H-pyrrole nitrogens is 1. The first-order valence-electron chi connectivity index (χ1n) is 13.5. The maximum Gasteiger partial charge on any atom is 0.273 e. The number of methoxy groups -OCH3 is 1. The van der Waals surface area contributed by atoms with Gasteiger partial charge in [0.25, 0.3) is 11.6 Å². The minimum Gasteiger partial charge on any atom is -0.385 e. The van der Waals surface area contributed by atoms with Crippen molar-refractivity contribution in [3.8, 4) is 0 Å². The van der Waals surface area contributed by atoms with Crippen LogP contribution >= 0.6 is 23.2 Å². The number of benzene rings is 3. The molecule has 0 aliphatic rings. The second kappa shape index (κ2) is 14.3. The van der Waals surface area contributed by atoms with E-state index < -0.39 is 10.8 Å². The van der Waals surface area contributed by atoms with Crippen molar-refractivity contribution in [3.63, 3.8) is 0 Å². The lowest BCUT2D eigenvalue weighted by molar-refractivity contribution is -0.385. The van der Waals surface area contributed by atoms with Crippen LogP contribution in [-0.2, 0) is 22.5 Å². The largest absolute Gasteiger partial charge is 0.385 e. The van der Waals surface area contributed by atoms with E-state index in [1.807, 2.05) is 36.5 Å². The number of hydrogen-bond acceptors (Lipinski definition) is 5. The molecule has 2 amide bonds. The summed E-state index contributed by atoms with van der Waals surface area (Å²) in [4.78, 5) is 44.8. The van der Waals surface area contributed by atoms with Gasteiger partial charge >= 0.3 is 0 Å². The second-order valence-corrected chi connectivity index (χ2v) is 10.8. The molecule has 0 radical (unpaired) electrons. The molecule has 4 aromatic rings. The van der Waals surface area contributed by atoms with Crippen LogP contribution in [0.2, 0.25) is 10.0 Å². The predicted octanol–water partition coefficient (Wildman–Crippen LogP) is 6.44. The summed E-state index contributed by atoms with van der Waals surface area (Å²) in [6, 6.07) is 17.5. The number of ether oxygens (including phenoxy) is 1. The van der Waals surface area contributed by atoms with Gasteiger partial charge in [0.1, 0.15) is 6.54 Å². The smallest absolute Gasteiger partial charge is 0.273 e. The molecule has 0 unspecified atom stereocenters. The van der Waals surface area contributed by atoms with E-state index in [-0.39, 0.29) is 36.8 Å². The summed E-state index contributed by atoms with van der Waals surface area (Å²) >= 11 is 12.4. The molecule has 42 heavy (non-hydrogen) atoms. The molecule has 0 aliphatic carbocycles. The minimum absolute atomic E-state index is 0.146. The normalized spacial score (nSPS) is 11.0. The van der Waals surface area contributed by atoms with Gasteiger partial charge in [0.2, 0.25) is 5.91 Å². The molecule has 0 bridgehead atoms. The SMILES string of the molecule is COCCCN(CC(=O)N(CCc1c[nH]c2ccccc12)Cc1ccc(Cl)c(Cl)c1)C(=O)c1ccc(C)c([N+](=O)[O-])c1. The maximum atomic E-state index is 13.9. The highest BCUT2D eigenvalue weighted by Crippen LogP contribution is 2.25. The number of nitrogens with zero attached hydrogens (tertiary/aromatic N) is 3. The quantitative estimate of drug-likeness (QED) is 0.106. The number of halogens is 2. The Morgan fingerprint density at radius 2 is 1.79 bits per heavy atom. The van der Waals surface area contributed by atoms with Crippen molar-refractivity contribution in [1.29, 1.82) is 0 Å². The van der Waals surface area contributed by atoms with E-state index in [1.165, 1.54) is 17.0 Å². The topological polar surface area (TPSA) is 109 Å². The van der Waals surface area contributed by atoms with Crippen molar-refractivity contribution in [1.82, 2.24) is 14.8 Å². The Bertz CT molecular complexity index is 1590. The van der Waals surface area contributed by atoms with E-state index in [9.17, 15) is 19.7 Å². The van der Waals surface area contributed by atoms with Crippen molar-refractivity contribution < 1.29 is 19.2 Å². The number of hydrogen-bond donors (Lipinski definition) is 1. The Labute approximate surface area is 254 Å². The first-order valence-corrected chi connectivity index (χ1v) is 14.2. The van der Waals surface area contributed by atoms with Crippen LogP contribution in [0.5, 0.6) is 0 Å². The maximum absolute atomic E-state index is 13.9. The minimum atomic E-state index is -0.518. The monoisotopic (exact) mass is 610 g/mol. The Morgan fingerprint density at radius 1 is 1.00 bits per heavy atom. The third kappa shape index (κ3) is 7.67. The van der Waals surface area contributed by atoms with E-state index in [0.29, 0.717) is 41.6 Å². The summed E-state index contributed by atoms with van der Waals surface area (Å²) < 4.78 is 5.16. The summed E-state index contributed by atoms with van der Waals surface area (Å²) in [5, 5.41) is 13.4. The van der Waals surface area contributed by atoms with Crippen LogP contribution in [0.3, 0.4) is 0 Å². The van der Waals surface area contributed by atoms with Crippen LogP contribution in [0.25, 0.3) is 10.9 Å². The third-order valence-electron chi connectivity index (χ3n) is 7.08. The summed E-state index contributed by atoms with van der Waals surface area (Å²) in [5.74, 6) is -0.734. The van der Waals surface area contributed by atoms with Crippen molar-refractivity contribution in [3.05, 3.63) is 109 Å². The number of aromatic amines is 1. The standard InChI is InChI=1S/C31H32Cl2N4O5/c1-21-8-10-23(17-29(21)37(40)41)31(39)36(13-5-15-42-2)20-30(38)35(19-22-9-11-26(32)27(33)16-22)14-12-24-18-34-28-7-4-3-6-25(24)28/h3-4,6-11,16-18,34H,5,12-15,19-20H2,1-2H3. The van der Waals surface area contributed by atoms with Gasteiger partial charge in [-0.15, -0.1) is 0 Å². The number of amides is 2. The van der Waals surface area contributed by atoms with Crippen molar-refractivity contribution in [2.45, 2.75) is 26.3 Å². The number of para-hydroxylation sites is 1.